The van der Waals surface area contributed by atoms with Crippen molar-refractivity contribution in [3.05, 3.63) is 51.4 Å². The number of aromatic nitrogens is 4. The number of thiophene rings is 1. The third-order valence-electron chi connectivity index (χ3n) is 5.74. The number of nitrogens with zero attached hydrogens (tertiary/aromatic N) is 4. The number of esters is 1. The van der Waals surface area contributed by atoms with Crippen molar-refractivity contribution in [2.24, 2.45) is 0 Å². The first-order valence-electron chi connectivity index (χ1n) is 11.1. The Labute approximate surface area is 191 Å². The van der Waals surface area contributed by atoms with Crippen LogP contribution >= 0.6 is 11.3 Å². The lowest BCUT2D eigenvalue weighted by atomic mass is 9.95. The van der Waals surface area contributed by atoms with Crippen LogP contribution in [-0.2, 0) is 24.2 Å². The van der Waals surface area contributed by atoms with Gasteiger partial charge in [-0.15, -0.1) is 11.3 Å². The van der Waals surface area contributed by atoms with Crippen molar-refractivity contribution in [3.63, 3.8) is 0 Å². The number of hydrogen-bond acceptors (Lipinski definition) is 6. The van der Waals surface area contributed by atoms with Gasteiger partial charge in [-0.2, -0.15) is 10.2 Å². The molecule has 0 spiro atoms. The quantitative estimate of drug-likeness (QED) is 0.535. The molecule has 4 rings (SSSR count). The fraction of sp³-hybridized carbons (Fsp3) is 0.478. The monoisotopic (exact) mass is 455 g/mol. The van der Waals surface area contributed by atoms with Gasteiger partial charge in [0.1, 0.15) is 11.7 Å². The fourth-order valence-electron chi connectivity index (χ4n) is 3.88. The predicted octanol–water partition coefficient (Wildman–Crippen LogP) is 4.35. The second kappa shape index (κ2) is 9.28. The Hall–Kier alpha value is -2.94. The summed E-state index contributed by atoms with van der Waals surface area (Å²) in [6.07, 6.45) is 6.22. The van der Waals surface area contributed by atoms with Crippen molar-refractivity contribution in [2.45, 2.75) is 72.6 Å². The molecule has 0 aromatic carbocycles. The summed E-state index contributed by atoms with van der Waals surface area (Å²) in [6, 6.07) is 3.67. The first-order valence-corrected chi connectivity index (χ1v) is 11.9. The number of aryl methyl sites for hydroxylation is 3. The molecule has 170 valence electrons. The first kappa shape index (κ1) is 22.3. The van der Waals surface area contributed by atoms with Crippen LogP contribution in [0.2, 0.25) is 0 Å². The summed E-state index contributed by atoms with van der Waals surface area (Å²) in [7, 11) is 0. The van der Waals surface area contributed by atoms with Crippen molar-refractivity contribution < 1.29 is 14.3 Å². The number of ether oxygens (including phenoxy) is 1. The average molecular weight is 456 g/mol. The molecule has 8 nitrogen and oxygen atoms in total. The lowest BCUT2D eigenvalue weighted by molar-refractivity contribution is 0.0335. The lowest BCUT2D eigenvalue weighted by Gasteiger charge is -2.15. The summed E-state index contributed by atoms with van der Waals surface area (Å²) in [4.78, 5) is 27.1. The number of carbonyl (C=O) groups is 2. The summed E-state index contributed by atoms with van der Waals surface area (Å²) in [6.45, 7) is 8.20. The van der Waals surface area contributed by atoms with Crippen molar-refractivity contribution in [2.75, 3.05) is 5.32 Å². The minimum atomic E-state index is -0.357. The number of nitrogens with one attached hydrogen (secondary N) is 1. The van der Waals surface area contributed by atoms with Crippen LogP contribution in [-0.4, -0.2) is 37.5 Å². The van der Waals surface area contributed by atoms with E-state index in [1.807, 2.05) is 38.4 Å². The first-order chi connectivity index (χ1) is 15.4. The van der Waals surface area contributed by atoms with Crippen molar-refractivity contribution in [1.82, 2.24) is 19.6 Å². The van der Waals surface area contributed by atoms with Gasteiger partial charge < -0.3 is 10.1 Å². The van der Waals surface area contributed by atoms with E-state index in [0.717, 1.165) is 53.9 Å². The summed E-state index contributed by atoms with van der Waals surface area (Å²) < 4.78 is 9.11. The molecule has 3 aromatic heterocycles. The van der Waals surface area contributed by atoms with Crippen LogP contribution in [0, 0.1) is 13.8 Å². The van der Waals surface area contributed by atoms with Gasteiger partial charge in [-0.1, -0.05) is 6.92 Å². The van der Waals surface area contributed by atoms with Gasteiger partial charge in [0, 0.05) is 16.8 Å². The highest BCUT2D eigenvalue weighted by atomic mass is 32.1. The van der Waals surface area contributed by atoms with E-state index < -0.39 is 0 Å². The van der Waals surface area contributed by atoms with E-state index in [4.69, 9.17) is 4.74 Å². The smallest absolute Gasteiger partial charge is 0.341 e. The molecule has 3 heterocycles. The van der Waals surface area contributed by atoms with Crippen molar-refractivity contribution in [3.8, 4) is 0 Å². The zero-order valence-corrected chi connectivity index (χ0v) is 19.8. The van der Waals surface area contributed by atoms with E-state index in [-0.39, 0.29) is 18.0 Å². The molecule has 1 atom stereocenters. The van der Waals surface area contributed by atoms with Crippen LogP contribution in [0.3, 0.4) is 0 Å². The Morgan fingerprint density at radius 1 is 1.25 bits per heavy atom. The molecule has 1 unspecified atom stereocenters. The Morgan fingerprint density at radius 3 is 2.75 bits per heavy atom. The van der Waals surface area contributed by atoms with Crippen LogP contribution in [0.25, 0.3) is 0 Å². The number of hydrogen-bond donors (Lipinski definition) is 1. The second-order valence-electron chi connectivity index (χ2n) is 8.30. The van der Waals surface area contributed by atoms with Crippen LogP contribution in [0.4, 0.5) is 5.00 Å². The van der Waals surface area contributed by atoms with E-state index in [9.17, 15) is 9.59 Å². The standard InChI is InChI=1S/C23H29N5O3S/c1-5-16(4)31-23(30)20-17-8-6-7-9-19(17)32-22(20)24-21(29)18-10-11-27(26-18)13-28-15(3)12-14(2)25-28/h10-12,16H,5-9,13H2,1-4H3,(H,24,29). The van der Waals surface area contributed by atoms with E-state index >= 15 is 0 Å². The normalized spacial score (nSPS) is 14.1. The number of anilines is 1. The average Bonchev–Trinajstić information content (AvgIpc) is 3.45. The highest BCUT2D eigenvalue weighted by Gasteiger charge is 2.28. The summed E-state index contributed by atoms with van der Waals surface area (Å²) in [5.74, 6) is -0.697. The number of carbonyl (C=O) groups excluding carboxylic acids is 2. The Morgan fingerprint density at radius 2 is 2.03 bits per heavy atom. The van der Waals surface area contributed by atoms with Gasteiger partial charge in [0.05, 0.1) is 17.4 Å². The topological polar surface area (TPSA) is 91.0 Å². The van der Waals surface area contributed by atoms with E-state index in [2.05, 4.69) is 15.5 Å². The molecule has 0 saturated carbocycles. The van der Waals surface area contributed by atoms with Crippen LogP contribution in [0.1, 0.15) is 75.8 Å². The zero-order chi connectivity index (χ0) is 22.8. The SMILES string of the molecule is CCC(C)OC(=O)c1c(NC(=O)c2ccn(Cn3nc(C)cc3C)n2)sc2c1CCCC2. The molecule has 32 heavy (non-hydrogen) atoms. The second-order valence-corrected chi connectivity index (χ2v) is 9.41. The molecule has 1 amide bonds. The summed E-state index contributed by atoms with van der Waals surface area (Å²) in [5, 5.41) is 12.3. The lowest BCUT2D eigenvalue weighted by Crippen LogP contribution is -2.19. The largest absolute Gasteiger partial charge is 0.459 e. The Kier molecular flexibility index (Phi) is 6.45. The number of amides is 1. The maximum Gasteiger partial charge on any atom is 0.341 e. The van der Waals surface area contributed by atoms with Crippen LogP contribution in [0.5, 0.6) is 0 Å². The molecule has 9 heteroatoms. The maximum absolute atomic E-state index is 13.0. The van der Waals surface area contributed by atoms with Gasteiger partial charge in [-0.25, -0.2) is 9.48 Å². The fourth-order valence-corrected chi connectivity index (χ4v) is 5.15. The molecule has 0 fully saturated rings. The van der Waals surface area contributed by atoms with E-state index in [1.165, 1.54) is 11.3 Å². The summed E-state index contributed by atoms with van der Waals surface area (Å²) in [5.41, 5.74) is 3.79. The summed E-state index contributed by atoms with van der Waals surface area (Å²) >= 11 is 1.48. The third-order valence-corrected chi connectivity index (χ3v) is 6.95. The highest BCUT2D eigenvalue weighted by molar-refractivity contribution is 7.17. The predicted molar refractivity (Wildman–Crippen MR) is 123 cm³/mol. The molecular weight excluding hydrogens is 426 g/mol. The molecule has 0 saturated heterocycles. The van der Waals surface area contributed by atoms with Gasteiger partial charge in [0.15, 0.2) is 5.69 Å². The minimum absolute atomic E-state index is 0.171. The highest BCUT2D eigenvalue weighted by Crippen LogP contribution is 2.39. The molecular formula is C23H29N5O3S. The number of fused-ring (bicyclic) bond motifs is 1. The molecule has 0 radical (unpaired) electrons. The maximum atomic E-state index is 13.0. The molecule has 3 aromatic rings. The Balaban J connectivity index is 1.54. The molecule has 0 bridgehead atoms. The molecule has 1 aliphatic carbocycles. The van der Waals surface area contributed by atoms with Crippen molar-refractivity contribution >= 4 is 28.2 Å². The zero-order valence-electron chi connectivity index (χ0n) is 19.0. The van der Waals surface area contributed by atoms with Gasteiger partial charge in [0.25, 0.3) is 5.91 Å². The molecule has 1 N–H and O–H groups in total. The molecule has 1 aliphatic rings. The minimum Gasteiger partial charge on any atom is -0.459 e. The van der Waals surface area contributed by atoms with Gasteiger partial charge in [-0.3, -0.25) is 9.48 Å². The van der Waals surface area contributed by atoms with Gasteiger partial charge in [0.2, 0.25) is 0 Å². The van der Waals surface area contributed by atoms with E-state index in [1.54, 1.807) is 16.9 Å². The Bertz CT molecular complexity index is 1140. The number of rotatable bonds is 7. The van der Waals surface area contributed by atoms with Gasteiger partial charge >= 0.3 is 5.97 Å². The molecule has 0 aliphatic heterocycles. The van der Waals surface area contributed by atoms with Gasteiger partial charge in [-0.05, 0) is 70.6 Å². The van der Waals surface area contributed by atoms with Crippen LogP contribution in [0.15, 0.2) is 18.3 Å². The van der Waals surface area contributed by atoms with E-state index in [0.29, 0.717) is 22.9 Å². The van der Waals surface area contributed by atoms with Crippen LogP contribution < -0.4 is 5.32 Å². The van der Waals surface area contributed by atoms with Crippen molar-refractivity contribution in [1.29, 1.82) is 0 Å². The third kappa shape index (κ3) is 4.62.